The molecule has 20 heavy (non-hydrogen) atoms. The molecule has 5 heteroatoms. The highest BCUT2D eigenvalue weighted by atomic mass is 32.2. The first-order valence-electron chi connectivity index (χ1n) is 5.96. The Kier molecular flexibility index (Phi) is 4.85. The van der Waals surface area contributed by atoms with Gasteiger partial charge in [-0.2, -0.15) is 5.26 Å². The second-order valence-corrected chi connectivity index (χ2v) is 5.56. The Morgan fingerprint density at radius 2 is 1.75 bits per heavy atom. The topological polar surface area (TPSA) is 50.1 Å². The summed E-state index contributed by atoms with van der Waals surface area (Å²) in [6.07, 6.45) is 0. The lowest BCUT2D eigenvalue weighted by atomic mass is 10.2. The smallest absolute Gasteiger partial charge is 0.123 e. The molecule has 0 heterocycles. The molecule has 2 aromatic carbocycles. The molecule has 2 rings (SSSR count). The summed E-state index contributed by atoms with van der Waals surface area (Å²) in [5.41, 5.74) is 0.562. The molecule has 0 bridgehead atoms. The Bertz CT molecular complexity index is 632. The van der Waals surface area contributed by atoms with E-state index in [1.165, 1.54) is 24.3 Å². The van der Waals surface area contributed by atoms with Crippen LogP contribution in [0.5, 0.6) is 5.75 Å². The molecular formula is C15H12FNO2S. The zero-order valence-electron chi connectivity index (χ0n) is 10.6. The third-order valence-electron chi connectivity index (χ3n) is 2.60. The van der Waals surface area contributed by atoms with Crippen molar-refractivity contribution < 1.29 is 13.3 Å². The number of nitrogens with zero attached hydrogens (tertiary/aromatic N) is 1. The molecule has 0 aliphatic heterocycles. The van der Waals surface area contributed by atoms with Crippen LogP contribution in [0.15, 0.2) is 53.4 Å². The molecule has 0 spiro atoms. The van der Waals surface area contributed by atoms with Crippen molar-refractivity contribution in [2.24, 2.45) is 0 Å². The van der Waals surface area contributed by atoms with E-state index in [0.29, 0.717) is 22.0 Å². The van der Waals surface area contributed by atoms with Crippen LogP contribution in [0.4, 0.5) is 4.39 Å². The lowest BCUT2D eigenvalue weighted by molar-refractivity contribution is 0.342. The fourth-order valence-corrected chi connectivity index (χ4v) is 2.48. The van der Waals surface area contributed by atoms with Crippen molar-refractivity contribution in [2.45, 2.75) is 4.90 Å². The van der Waals surface area contributed by atoms with E-state index in [0.717, 1.165) is 0 Å². The van der Waals surface area contributed by atoms with Crippen molar-refractivity contribution in [1.82, 2.24) is 0 Å². The van der Waals surface area contributed by atoms with E-state index in [9.17, 15) is 8.60 Å². The minimum absolute atomic E-state index is 0.288. The van der Waals surface area contributed by atoms with Crippen LogP contribution >= 0.6 is 0 Å². The third-order valence-corrected chi connectivity index (χ3v) is 3.93. The molecule has 0 amide bonds. The summed E-state index contributed by atoms with van der Waals surface area (Å²) in [5.74, 6) is 0.603. The minimum Gasteiger partial charge on any atom is -0.493 e. The fourth-order valence-electron chi connectivity index (χ4n) is 1.57. The molecule has 0 saturated heterocycles. The molecule has 0 aliphatic rings. The first kappa shape index (κ1) is 14.2. The van der Waals surface area contributed by atoms with Crippen LogP contribution in [-0.2, 0) is 10.8 Å². The summed E-state index contributed by atoms with van der Waals surface area (Å²) >= 11 is 0. The summed E-state index contributed by atoms with van der Waals surface area (Å²) in [4.78, 5) is 0.579. The van der Waals surface area contributed by atoms with Gasteiger partial charge in [0.05, 0.1) is 28.2 Å². The van der Waals surface area contributed by atoms with Gasteiger partial charge in [-0.05, 0) is 48.5 Å². The first-order valence-corrected chi connectivity index (χ1v) is 7.28. The van der Waals surface area contributed by atoms with Gasteiger partial charge in [-0.25, -0.2) is 4.39 Å². The predicted octanol–water partition coefficient (Wildman–Crippen LogP) is 2.88. The molecule has 0 aliphatic carbocycles. The van der Waals surface area contributed by atoms with E-state index in [1.807, 2.05) is 6.07 Å². The average Bonchev–Trinajstić information content (AvgIpc) is 2.48. The quantitative estimate of drug-likeness (QED) is 0.850. The predicted molar refractivity (Wildman–Crippen MR) is 74.3 cm³/mol. The monoisotopic (exact) mass is 289 g/mol. The van der Waals surface area contributed by atoms with E-state index >= 15 is 0 Å². The zero-order valence-corrected chi connectivity index (χ0v) is 11.4. The molecule has 102 valence electrons. The van der Waals surface area contributed by atoms with Crippen LogP contribution < -0.4 is 4.74 Å². The zero-order chi connectivity index (χ0) is 14.4. The number of benzene rings is 2. The average molecular weight is 289 g/mol. The van der Waals surface area contributed by atoms with E-state index in [4.69, 9.17) is 10.00 Å². The number of hydrogen-bond donors (Lipinski definition) is 0. The number of rotatable bonds is 5. The molecule has 0 saturated carbocycles. The van der Waals surface area contributed by atoms with Crippen LogP contribution in [-0.4, -0.2) is 16.6 Å². The van der Waals surface area contributed by atoms with Gasteiger partial charge in [0.15, 0.2) is 0 Å². The van der Waals surface area contributed by atoms with Gasteiger partial charge in [0.25, 0.3) is 0 Å². The number of nitriles is 1. The Morgan fingerprint density at radius 3 is 2.35 bits per heavy atom. The van der Waals surface area contributed by atoms with Gasteiger partial charge in [-0.3, -0.25) is 4.21 Å². The Labute approximate surface area is 119 Å². The van der Waals surface area contributed by atoms with E-state index in [1.54, 1.807) is 24.3 Å². The van der Waals surface area contributed by atoms with Gasteiger partial charge in [0.2, 0.25) is 0 Å². The van der Waals surface area contributed by atoms with Gasteiger partial charge < -0.3 is 4.74 Å². The SMILES string of the molecule is N#Cc1ccc(OCCS(=O)c2ccc(F)cc2)cc1. The minimum atomic E-state index is -1.22. The highest BCUT2D eigenvalue weighted by Gasteiger charge is 2.04. The van der Waals surface area contributed by atoms with Crippen molar-refractivity contribution in [3.05, 3.63) is 59.9 Å². The van der Waals surface area contributed by atoms with Gasteiger partial charge in [-0.15, -0.1) is 0 Å². The van der Waals surface area contributed by atoms with Gasteiger partial charge >= 0.3 is 0 Å². The van der Waals surface area contributed by atoms with E-state index in [-0.39, 0.29) is 12.4 Å². The number of hydrogen-bond acceptors (Lipinski definition) is 3. The summed E-state index contributed by atoms with van der Waals surface area (Å²) in [6, 6.07) is 14.3. The highest BCUT2D eigenvalue weighted by molar-refractivity contribution is 7.85. The molecule has 1 atom stereocenters. The van der Waals surface area contributed by atoms with E-state index in [2.05, 4.69) is 0 Å². The van der Waals surface area contributed by atoms with Crippen LogP contribution in [0.25, 0.3) is 0 Å². The molecular weight excluding hydrogens is 277 g/mol. The van der Waals surface area contributed by atoms with Crippen molar-refractivity contribution in [3.63, 3.8) is 0 Å². The Balaban J connectivity index is 1.84. The van der Waals surface area contributed by atoms with Gasteiger partial charge in [-0.1, -0.05) is 0 Å². The third kappa shape index (κ3) is 3.90. The summed E-state index contributed by atoms with van der Waals surface area (Å²) in [7, 11) is -1.22. The van der Waals surface area contributed by atoms with Crippen LogP contribution in [0.2, 0.25) is 0 Å². The number of halogens is 1. The van der Waals surface area contributed by atoms with Crippen molar-refractivity contribution in [1.29, 1.82) is 5.26 Å². The summed E-state index contributed by atoms with van der Waals surface area (Å²) in [5, 5.41) is 8.67. The fraction of sp³-hybridized carbons (Fsp3) is 0.133. The molecule has 0 radical (unpaired) electrons. The van der Waals surface area contributed by atoms with Crippen LogP contribution in [0, 0.1) is 17.1 Å². The van der Waals surface area contributed by atoms with Crippen LogP contribution in [0.3, 0.4) is 0 Å². The Hall–Kier alpha value is -2.19. The summed E-state index contributed by atoms with van der Waals surface area (Å²) in [6.45, 7) is 0.288. The molecule has 1 unspecified atom stereocenters. The lowest BCUT2D eigenvalue weighted by Crippen LogP contribution is -2.08. The van der Waals surface area contributed by atoms with Crippen molar-refractivity contribution in [2.75, 3.05) is 12.4 Å². The number of ether oxygens (including phenoxy) is 1. The first-order chi connectivity index (χ1) is 9.69. The molecule has 0 aromatic heterocycles. The van der Waals surface area contributed by atoms with Crippen molar-refractivity contribution >= 4 is 10.8 Å². The highest BCUT2D eigenvalue weighted by Crippen LogP contribution is 2.12. The molecule has 0 N–H and O–H groups in total. The molecule has 0 fully saturated rings. The second-order valence-electron chi connectivity index (χ2n) is 3.99. The van der Waals surface area contributed by atoms with E-state index < -0.39 is 10.8 Å². The van der Waals surface area contributed by atoms with Gasteiger partial charge in [0, 0.05) is 4.90 Å². The lowest BCUT2D eigenvalue weighted by Gasteiger charge is -2.06. The molecule has 3 nitrogen and oxygen atoms in total. The normalized spacial score (nSPS) is 11.6. The van der Waals surface area contributed by atoms with Crippen molar-refractivity contribution in [3.8, 4) is 11.8 Å². The Morgan fingerprint density at radius 1 is 1.10 bits per heavy atom. The van der Waals surface area contributed by atoms with Crippen LogP contribution in [0.1, 0.15) is 5.56 Å². The maximum absolute atomic E-state index is 12.7. The largest absolute Gasteiger partial charge is 0.493 e. The molecule has 2 aromatic rings. The maximum Gasteiger partial charge on any atom is 0.123 e. The standard InChI is InChI=1S/C15H12FNO2S/c16-13-3-7-15(8-4-13)20(18)10-9-19-14-5-1-12(11-17)2-6-14/h1-8H,9-10H2. The van der Waals surface area contributed by atoms with Gasteiger partial charge in [0.1, 0.15) is 18.2 Å². The summed E-state index contributed by atoms with van der Waals surface area (Å²) < 4.78 is 30.1. The second kappa shape index (κ2) is 6.83. The maximum atomic E-state index is 12.7.